The molecule has 2 aliphatic heterocycles. The molecule has 2 atom stereocenters. The summed E-state index contributed by atoms with van der Waals surface area (Å²) in [6, 6.07) is 20.4. The number of Topliss-reactive ketones (excluding diaryl/α,β-unsaturated/α-hetero) is 2. The van der Waals surface area contributed by atoms with E-state index >= 15 is 0 Å². The maximum absolute atomic E-state index is 13.6. The topological polar surface area (TPSA) is 305 Å². The number of hydrogen-bond acceptors (Lipinski definition) is 18. The smallest absolute Gasteiger partial charge is 0.295 e. The largest absolute Gasteiger partial charge is 0.493 e. The third kappa shape index (κ3) is 18.4. The van der Waals surface area contributed by atoms with Crippen LogP contribution in [0, 0.1) is 0 Å². The van der Waals surface area contributed by atoms with Crippen LogP contribution in [0.3, 0.4) is 0 Å². The lowest BCUT2D eigenvalue weighted by Gasteiger charge is -2.39. The Hall–Kier alpha value is -8.66. The molecule has 0 saturated carbocycles. The molecule has 0 radical (unpaired) electrons. The number of benzene rings is 2. The summed E-state index contributed by atoms with van der Waals surface area (Å²) in [6.07, 6.45) is 6.88. The summed E-state index contributed by atoms with van der Waals surface area (Å²) in [5.74, 6) is -2.86. The van der Waals surface area contributed by atoms with E-state index in [1.807, 2.05) is 26.0 Å². The Balaban J connectivity index is 0.576. The van der Waals surface area contributed by atoms with Crippen molar-refractivity contribution in [3.8, 4) is 11.5 Å². The predicted molar refractivity (Wildman–Crippen MR) is 319 cm³/mol. The van der Waals surface area contributed by atoms with Gasteiger partial charge in [-0.2, -0.15) is 0 Å². The number of H-pyrrole nitrogens is 2. The van der Waals surface area contributed by atoms with Crippen LogP contribution in [0.15, 0.2) is 97.6 Å². The summed E-state index contributed by atoms with van der Waals surface area (Å²) in [6.45, 7) is 9.07. The van der Waals surface area contributed by atoms with Crippen LogP contribution < -0.4 is 20.1 Å². The SMILES string of the molecule is C[C@@H]1CN(C(=O)c2ccccc2)CCN1C(=O)C(=O)c1c[nH]c2nccc(OCCCNC(=O)COCCOCCOCCOCCOCCOCC(=O)NCCCOc3ccnc4[nH]cc(C(=O)C(=O)N5CCN(C(=O)c6ccccc6)C[C@H]5C)c34)c12. The molecule has 2 saturated heterocycles. The van der Waals surface area contributed by atoms with E-state index in [2.05, 4.69) is 30.6 Å². The number of nitrogens with zero attached hydrogens (tertiary/aromatic N) is 6. The molecular weight excluding hydrogens is 1140 g/mol. The second-order valence-corrected chi connectivity index (χ2v) is 20.7. The number of fused-ring (bicyclic) bond motifs is 2. The fourth-order valence-corrected chi connectivity index (χ4v) is 9.95. The highest BCUT2D eigenvalue weighted by atomic mass is 16.6. The van der Waals surface area contributed by atoms with Gasteiger partial charge in [0.1, 0.15) is 36.0 Å². The first-order valence-electron chi connectivity index (χ1n) is 29.5. The molecule has 0 spiro atoms. The summed E-state index contributed by atoms with van der Waals surface area (Å²) < 4.78 is 44.9. The van der Waals surface area contributed by atoms with Crippen molar-refractivity contribution < 1.29 is 76.3 Å². The zero-order valence-corrected chi connectivity index (χ0v) is 49.6. The number of piperazine rings is 2. The number of carbonyl (C=O) groups excluding carboxylic acids is 8. The lowest BCUT2D eigenvalue weighted by atomic mass is 10.1. The number of rotatable bonds is 35. The first-order chi connectivity index (χ1) is 42.9. The van der Waals surface area contributed by atoms with Gasteiger partial charge in [0.15, 0.2) is 0 Å². The third-order valence-corrected chi connectivity index (χ3v) is 14.5. The van der Waals surface area contributed by atoms with Gasteiger partial charge in [-0.05, 0) is 63.1 Å². The minimum atomic E-state index is -0.708. The molecule has 88 heavy (non-hydrogen) atoms. The maximum Gasteiger partial charge on any atom is 0.295 e. The van der Waals surface area contributed by atoms with Gasteiger partial charge in [0.2, 0.25) is 11.8 Å². The van der Waals surface area contributed by atoms with Crippen LogP contribution in [-0.4, -0.2) is 243 Å². The fourth-order valence-electron chi connectivity index (χ4n) is 9.95. The molecule has 6 aromatic rings. The Morgan fingerprint density at radius 2 is 0.841 bits per heavy atom. The predicted octanol–water partition coefficient (Wildman–Crippen LogP) is 3.12. The molecule has 26 nitrogen and oxygen atoms in total. The number of aromatic nitrogens is 4. The van der Waals surface area contributed by atoms with Gasteiger partial charge in [0.05, 0.1) is 101 Å². The lowest BCUT2D eigenvalue weighted by Crippen LogP contribution is -2.56. The molecule has 2 aromatic carbocycles. The highest BCUT2D eigenvalue weighted by Crippen LogP contribution is 2.30. The number of pyridine rings is 2. The molecule has 2 fully saturated rings. The molecule has 4 N–H and O–H groups in total. The summed E-state index contributed by atoms with van der Waals surface area (Å²) in [5, 5.41) is 6.34. The van der Waals surface area contributed by atoms with Crippen molar-refractivity contribution in [3.63, 3.8) is 0 Å². The van der Waals surface area contributed by atoms with Crippen molar-refractivity contribution >= 4 is 69.1 Å². The molecule has 0 unspecified atom stereocenters. The van der Waals surface area contributed by atoms with E-state index in [0.717, 1.165) is 0 Å². The number of aromatic amines is 2. The van der Waals surface area contributed by atoms with Crippen molar-refractivity contribution in [1.29, 1.82) is 0 Å². The molecule has 6 heterocycles. The van der Waals surface area contributed by atoms with Crippen LogP contribution in [0.4, 0.5) is 0 Å². The van der Waals surface area contributed by atoms with Crippen LogP contribution in [0.1, 0.15) is 68.1 Å². The van der Waals surface area contributed by atoms with Gasteiger partial charge in [-0.25, -0.2) is 9.97 Å². The monoisotopic (exact) mass is 1220 g/mol. The zero-order chi connectivity index (χ0) is 62.0. The quantitative estimate of drug-likeness (QED) is 0.0252. The van der Waals surface area contributed by atoms with E-state index in [1.165, 1.54) is 34.6 Å². The molecule has 8 rings (SSSR count). The molecule has 0 bridgehead atoms. The van der Waals surface area contributed by atoms with Gasteiger partial charge >= 0.3 is 0 Å². The van der Waals surface area contributed by atoms with Gasteiger partial charge in [0, 0.05) is 100 Å². The molecule has 0 aliphatic carbocycles. The average molecular weight is 1220 g/mol. The Kier molecular flexibility index (Phi) is 25.3. The Labute approximate surface area is 508 Å². The van der Waals surface area contributed by atoms with Gasteiger partial charge in [0.25, 0.3) is 35.2 Å². The summed E-state index contributed by atoms with van der Waals surface area (Å²) in [7, 11) is 0. The normalized spacial score (nSPS) is 15.1. The number of nitrogens with one attached hydrogen (secondary N) is 4. The molecular formula is C62H76N10O16. The van der Waals surface area contributed by atoms with Gasteiger partial charge in [-0.15, -0.1) is 0 Å². The first kappa shape index (κ1) is 65.3. The zero-order valence-electron chi connectivity index (χ0n) is 49.6. The van der Waals surface area contributed by atoms with Gasteiger partial charge < -0.3 is 78.1 Å². The van der Waals surface area contributed by atoms with Crippen LogP contribution in [0.2, 0.25) is 0 Å². The average Bonchev–Trinajstić information content (AvgIpc) is 2.22. The second kappa shape index (κ2) is 34.0. The second-order valence-electron chi connectivity index (χ2n) is 20.7. The number of amides is 6. The van der Waals surface area contributed by atoms with Crippen molar-refractivity contribution in [2.75, 3.05) is 145 Å². The van der Waals surface area contributed by atoms with Crippen molar-refractivity contribution in [3.05, 3.63) is 120 Å². The summed E-state index contributed by atoms with van der Waals surface area (Å²) >= 11 is 0. The van der Waals surface area contributed by atoms with Crippen molar-refractivity contribution in [2.45, 2.75) is 38.8 Å². The van der Waals surface area contributed by atoms with E-state index in [4.69, 9.17) is 37.9 Å². The Bertz CT molecular complexity index is 3070. The van der Waals surface area contributed by atoms with Crippen molar-refractivity contribution in [2.24, 2.45) is 0 Å². The molecule has 4 aromatic heterocycles. The first-order valence-corrected chi connectivity index (χ1v) is 29.5. The van der Waals surface area contributed by atoms with E-state index in [0.29, 0.717) is 136 Å². The van der Waals surface area contributed by atoms with E-state index in [-0.39, 0.29) is 113 Å². The standard InChI is InChI=1S/C62H76N10O16/c1-43-39-69(59(77)45-11-5-3-6-12-45)21-23-71(43)61(79)55(75)47-37-67-57-53(47)49(15-19-65-57)87-25-9-17-63-51(73)41-85-35-33-83-31-29-81-27-28-82-30-32-84-34-36-86-42-52(74)64-18-10-26-88-50-16-20-66-58-54(50)48(38-68-58)56(76)62(80)72-24-22-70(40-44(72)2)60(78)46-13-7-4-8-14-46/h3-8,11-16,19-20,37-38,43-44H,9-10,17-18,21-36,39-42H2,1-2H3,(H,63,73)(H,64,74)(H,65,67)(H,66,68)/t43-,44-/m1/s1. The van der Waals surface area contributed by atoms with E-state index in [1.54, 1.807) is 70.5 Å². The van der Waals surface area contributed by atoms with Crippen LogP contribution in [0.25, 0.3) is 22.1 Å². The highest BCUT2D eigenvalue weighted by Gasteiger charge is 2.37. The number of carbonyl (C=O) groups is 8. The van der Waals surface area contributed by atoms with E-state index < -0.39 is 23.4 Å². The Morgan fingerprint density at radius 3 is 1.20 bits per heavy atom. The lowest BCUT2D eigenvalue weighted by molar-refractivity contribution is -0.130. The maximum atomic E-state index is 13.6. The minimum absolute atomic E-state index is 0.123. The molecule has 2 aliphatic rings. The minimum Gasteiger partial charge on any atom is -0.493 e. The van der Waals surface area contributed by atoms with E-state index in [9.17, 15) is 38.4 Å². The molecule has 6 amide bonds. The number of hydrogen-bond donors (Lipinski definition) is 4. The van der Waals surface area contributed by atoms with Crippen LogP contribution in [-0.2, 0) is 47.6 Å². The molecule has 26 heteroatoms. The highest BCUT2D eigenvalue weighted by molar-refractivity contribution is 6.45. The van der Waals surface area contributed by atoms with Crippen molar-refractivity contribution in [1.82, 2.24) is 50.2 Å². The third-order valence-electron chi connectivity index (χ3n) is 14.5. The number of ketones is 2. The summed E-state index contributed by atoms with van der Waals surface area (Å²) in [4.78, 5) is 126. The fraction of sp³-hybridized carbons (Fsp3) is 0.452. The van der Waals surface area contributed by atoms with Gasteiger partial charge in [-0.3, -0.25) is 38.4 Å². The van der Waals surface area contributed by atoms with Crippen LogP contribution >= 0.6 is 0 Å². The van der Waals surface area contributed by atoms with Crippen LogP contribution in [0.5, 0.6) is 11.5 Å². The summed E-state index contributed by atoms with van der Waals surface area (Å²) in [5.41, 5.74) is 2.19. The Morgan fingerprint density at radius 1 is 0.477 bits per heavy atom. The van der Waals surface area contributed by atoms with Gasteiger partial charge in [-0.1, -0.05) is 36.4 Å². The number of ether oxygens (including phenoxy) is 8. The molecule has 470 valence electrons.